The summed E-state index contributed by atoms with van der Waals surface area (Å²) >= 11 is 0. The summed E-state index contributed by atoms with van der Waals surface area (Å²) in [4.78, 5) is 12.2. The Balaban J connectivity index is 1.97. The smallest absolute Gasteiger partial charge is 0.224 e. The number of hydrogen-bond acceptors (Lipinski definition) is 2. The van der Waals surface area contributed by atoms with Crippen LogP contribution in [0.25, 0.3) is 0 Å². The third-order valence-corrected chi connectivity index (χ3v) is 4.02. The largest absolute Gasteiger partial charge is 0.352 e. The maximum atomic E-state index is 12.2. The van der Waals surface area contributed by atoms with Gasteiger partial charge in [0.1, 0.15) is 0 Å². The van der Waals surface area contributed by atoms with E-state index in [0.29, 0.717) is 18.9 Å². The van der Waals surface area contributed by atoms with E-state index >= 15 is 0 Å². The molecule has 124 valence electrons. The van der Waals surface area contributed by atoms with Gasteiger partial charge in [0.25, 0.3) is 0 Å². The molecular formula is C19H27N3O. The van der Waals surface area contributed by atoms with Crippen molar-refractivity contribution in [3.05, 3.63) is 52.3 Å². The first kappa shape index (κ1) is 17.3. The van der Waals surface area contributed by atoms with E-state index in [1.165, 1.54) is 5.56 Å². The summed E-state index contributed by atoms with van der Waals surface area (Å²) in [6, 6.07) is 8.22. The number of aromatic nitrogens is 2. The third-order valence-electron chi connectivity index (χ3n) is 4.02. The second-order valence-electron chi connectivity index (χ2n) is 6.66. The van der Waals surface area contributed by atoms with Gasteiger partial charge in [-0.15, -0.1) is 0 Å². The summed E-state index contributed by atoms with van der Waals surface area (Å²) in [5.41, 5.74) is 5.44. The first-order chi connectivity index (χ1) is 10.9. The molecular weight excluding hydrogens is 286 g/mol. The molecule has 1 amide bonds. The van der Waals surface area contributed by atoms with Crippen LogP contribution >= 0.6 is 0 Å². The summed E-state index contributed by atoms with van der Waals surface area (Å²) in [7, 11) is 0. The Morgan fingerprint density at radius 2 is 1.83 bits per heavy atom. The molecule has 1 heterocycles. The van der Waals surface area contributed by atoms with Crippen LogP contribution in [0.5, 0.6) is 0 Å². The van der Waals surface area contributed by atoms with Crippen LogP contribution in [0.3, 0.4) is 0 Å². The van der Waals surface area contributed by atoms with Crippen LogP contribution in [0.2, 0.25) is 0 Å². The summed E-state index contributed by atoms with van der Waals surface area (Å²) in [6.07, 6.45) is 0.390. The molecule has 0 aliphatic rings. The number of carbonyl (C=O) groups excluding carboxylic acids is 1. The normalized spacial score (nSPS) is 11.0. The minimum absolute atomic E-state index is 0.0425. The highest BCUT2D eigenvalue weighted by Crippen LogP contribution is 2.15. The van der Waals surface area contributed by atoms with E-state index in [2.05, 4.69) is 43.3 Å². The quantitative estimate of drug-likeness (QED) is 0.889. The lowest BCUT2D eigenvalue weighted by Gasteiger charge is -2.08. The predicted molar refractivity (Wildman–Crippen MR) is 93.3 cm³/mol. The first-order valence-electron chi connectivity index (χ1n) is 8.22. The SMILES string of the molecule is Cc1ccc(CNC(=O)Cc2c(C)nn(CC(C)C)c2C)cc1. The standard InChI is InChI=1S/C19H27N3O/c1-13(2)12-22-16(5)18(15(4)21-22)10-19(23)20-11-17-8-6-14(3)7-9-17/h6-9,13H,10-12H2,1-5H3,(H,20,23). The molecule has 0 bridgehead atoms. The van der Waals surface area contributed by atoms with Gasteiger partial charge in [-0.3, -0.25) is 9.48 Å². The molecule has 0 spiro atoms. The number of nitrogens with one attached hydrogen (secondary N) is 1. The molecule has 0 unspecified atom stereocenters. The Hall–Kier alpha value is -2.10. The Bertz CT molecular complexity index is 669. The molecule has 0 saturated heterocycles. The van der Waals surface area contributed by atoms with Gasteiger partial charge in [0.15, 0.2) is 0 Å². The van der Waals surface area contributed by atoms with Crippen molar-refractivity contribution in [1.82, 2.24) is 15.1 Å². The number of rotatable bonds is 6. The minimum atomic E-state index is 0.0425. The van der Waals surface area contributed by atoms with E-state index < -0.39 is 0 Å². The molecule has 23 heavy (non-hydrogen) atoms. The Kier molecular flexibility index (Phi) is 5.59. The van der Waals surface area contributed by atoms with E-state index in [9.17, 15) is 4.79 Å². The second kappa shape index (κ2) is 7.44. The molecule has 0 radical (unpaired) electrons. The fourth-order valence-corrected chi connectivity index (χ4v) is 2.64. The van der Waals surface area contributed by atoms with Crippen molar-refractivity contribution in [3.63, 3.8) is 0 Å². The topological polar surface area (TPSA) is 46.9 Å². The number of hydrogen-bond donors (Lipinski definition) is 1. The van der Waals surface area contributed by atoms with Crippen molar-refractivity contribution >= 4 is 5.91 Å². The number of nitrogens with zero attached hydrogens (tertiary/aromatic N) is 2. The molecule has 0 aliphatic heterocycles. The van der Waals surface area contributed by atoms with Gasteiger partial charge in [0.05, 0.1) is 12.1 Å². The van der Waals surface area contributed by atoms with Crippen LogP contribution < -0.4 is 5.32 Å². The zero-order valence-corrected chi connectivity index (χ0v) is 14.8. The van der Waals surface area contributed by atoms with E-state index in [1.54, 1.807) is 0 Å². The van der Waals surface area contributed by atoms with E-state index in [-0.39, 0.29) is 5.91 Å². The molecule has 1 N–H and O–H groups in total. The van der Waals surface area contributed by atoms with Crippen molar-refractivity contribution in [2.24, 2.45) is 5.92 Å². The zero-order valence-electron chi connectivity index (χ0n) is 14.8. The van der Waals surface area contributed by atoms with Gasteiger partial charge in [-0.2, -0.15) is 5.10 Å². The van der Waals surface area contributed by atoms with Crippen LogP contribution in [0.1, 0.15) is 41.9 Å². The van der Waals surface area contributed by atoms with Crippen molar-refractivity contribution in [1.29, 1.82) is 0 Å². The molecule has 0 saturated carbocycles. The third kappa shape index (κ3) is 4.68. The molecule has 0 aliphatic carbocycles. The number of benzene rings is 1. The average Bonchev–Trinajstić information content (AvgIpc) is 2.73. The minimum Gasteiger partial charge on any atom is -0.352 e. The second-order valence-corrected chi connectivity index (χ2v) is 6.66. The van der Waals surface area contributed by atoms with Crippen LogP contribution in [-0.2, 0) is 24.3 Å². The molecule has 4 heteroatoms. The molecule has 2 aromatic rings. The van der Waals surface area contributed by atoms with Gasteiger partial charge in [0, 0.05) is 24.3 Å². The maximum Gasteiger partial charge on any atom is 0.224 e. The summed E-state index contributed by atoms with van der Waals surface area (Å²) < 4.78 is 2.02. The van der Waals surface area contributed by atoms with E-state index in [4.69, 9.17) is 0 Å². The predicted octanol–water partition coefficient (Wildman–Crippen LogP) is 3.32. The molecule has 0 fully saturated rings. The van der Waals surface area contributed by atoms with Crippen molar-refractivity contribution < 1.29 is 4.79 Å². The maximum absolute atomic E-state index is 12.2. The Morgan fingerprint density at radius 1 is 1.17 bits per heavy atom. The van der Waals surface area contributed by atoms with Gasteiger partial charge < -0.3 is 5.32 Å². The first-order valence-corrected chi connectivity index (χ1v) is 8.22. The number of carbonyl (C=O) groups is 1. The fourth-order valence-electron chi connectivity index (χ4n) is 2.64. The van der Waals surface area contributed by atoms with Crippen molar-refractivity contribution in [2.75, 3.05) is 0 Å². The molecule has 1 aromatic carbocycles. The van der Waals surface area contributed by atoms with E-state index in [0.717, 1.165) is 29.1 Å². The van der Waals surface area contributed by atoms with Gasteiger partial charge in [0.2, 0.25) is 5.91 Å². The fraction of sp³-hybridized carbons (Fsp3) is 0.474. The van der Waals surface area contributed by atoms with Crippen LogP contribution in [0.4, 0.5) is 0 Å². The lowest BCUT2D eigenvalue weighted by atomic mass is 10.1. The number of amides is 1. The molecule has 0 atom stereocenters. The highest BCUT2D eigenvalue weighted by molar-refractivity contribution is 5.79. The average molecular weight is 313 g/mol. The van der Waals surface area contributed by atoms with Gasteiger partial charge in [-0.25, -0.2) is 0 Å². The van der Waals surface area contributed by atoms with Gasteiger partial charge in [-0.05, 0) is 32.3 Å². The Labute approximate surface area is 138 Å². The van der Waals surface area contributed by atoms with Crippen LogP contribution in [-0.4, -0.2) is 15.7 Å². The molecule has 4 nitrogen and oxygen atoms in total. The van der Waals surface area contributed by atoms with Crippen LogP contribution in [0, 0.1) is 26.7 Å². The highest BCUT2D eigenvalue weighted by Gasteiger charge is 2.15. The summed E-state index contributed by atoms with van der Waals surface area (Å²) in [5, 5.41) is 7.56. The Morgan fingerprint density at radius 3 is 2.43 bits per heavy atom. The zero-order chi connectivity index (χ0) is 17.0. The van der Waals surface area contributed by atoms with Gasteiger partial charge >= 0.3 is 0 Å². The lowest BCUT2D eigenvalue weighted by Crippen LogP contribution is -2.25. The van der Waals surface area contributed by atoms with Gasteiger partial charge in [-0.1, -0.05) is 43.7 Å². The van der Waals surface area contributed by atoms with Crippen molar-refractivity contribution in [3.8, 4) is 0 Å². The van der Waals surface area contributed by atoms with Crippen LogP contribution in [0.15, 0.2) is 24.3 Å². The molecule has 2 rings (SSSR count). The summed E-state index contributed by atoms with van der Waals surface area (Å²) in [6.45, 7) is 11.9. The van der Waals surface area contributed by atoms with Crippen molar-refractivity contribution in [2.45, 2.75) is 54.1 Å². The lowest BCUT2D eigenvalue weighted by molar-refractivity contribution is -0.120. The highest BCUT2D eigenvalue weighted by atomic mass is 16.1. The monoisotopic (exact) mass is 313 g/mol. The number of aryl methyl sites for hydroxylation is 2. The molecule has 1 aromatic heterocycles. The summed E-state index contributed by atoms with van der Waals surface area (Å²) in [5.74, 6) is 0.581. The van der Waals surface area contributed by atoms with E-state index in [1.807, 2.05) is 30.7 Å².